The first-order valence-corrected chi connectivity index (χ1v) is 4.88. The Kier molecular flexibility index (Phi) is 2.19. The van der Waals surface area contributed by atoms with Crippen molar-refractivity contribution in [1.29, 1.82) is 0 Å². The second-order valence-corrected chi connectivity index (χ2v) is 4.23. The quantitative estimate of drug-likeness (QED) is 0.667. The van der Waals surface area contributed by atoms with Gasteiger partial charge in [0.25, 0.3) is 0 Å². The molecule has 2 nitrogen and oxygen atoms in total. The van der Waals surface area contributed by atoms with Gasteiger partial charge in [0.1, 0.15) is 5.82 Å². The summed E-state index contributed by atoms with van der Waals surface area (Å²) < 4.78 is 13.6. The standard InChI is InChI=1S/C11H15FN2/c1-11(4-5-14-7-11)9-3-2-8(13)6-10(9)12/h2-3,6,14H,4-5,7,13H2,1H3. The molecule has 14 heavy (non-hydrogen) atoms. The number of benzene rings is 1. The molecule has 1 unspecified atom stereocenters. The lowest BCUT2D eigenvalue weighted by molar-refractivity contribution is 0.483. The van der Waals surface area contributed by atoms with Crippen LogP contribution in [-0.2, 0) is 5.41 Å². The minimum atomic E-state index is -0.184. The van der Waals surface area contributed by atoms with Gasteiger partial charge in [0.05, 0.1) is 0 Å². The van der Waals surface area contributed by atoms with E-state index >= 15 is 0 Å². The Morgan fingerprint density at radius 1 is 1.50 bits per heavy atom. The van der Waals surface area contributed by atoms with Gasteiger partial charge in [-0.05, 0) is 30.7 Å². The molecule has 2 rings (SSSR count). The van der Waals surface area contributed by atoms with Crippen LogP contribution in [0.3, 0.4) is 0 Å². The lowest BCUT2D eigenvalue weighted by atomic mass is 9.81. The summed E-state index contributed by atoms with van der Waals surface area (Å²) in [4.78, 5) is 0. The van der Waals surface area contributed by atoms with E-state index in [1.807, 2.05) is 0 Å². The summed E-state index contributed by atoms with van der Waals surface area (Å²) in [5.74, 6) is -0.184. The minimum absolute atomic E-state index is 0.0716. The average Bonchev–Trinajstić information content (AvgIpc) is 2.52. The second-order valence-electron chi connectivity index (χ2n) is 4.23. The van der Waals surface area contributed by atoms with E-state index in [1.165, 1.54) is 6.07 Å². The predicted molar refractivity (Wildman–Crippen MR) is 55.7 cm³/mol. The normalized spacial score (nSPS) is 26.7. The summed E-state index contributed by atoms with van der Waals surface area (Å²) >= 11 is 0. The van der Waals surface area contributed by atoms with Crippen molar-refractivity contribution in [2.75, 3.05) is 18.8 Å². The first-order valence-electron chi connectivity index (χ1n) is 4.88. The van der Waals surface area contributed by atoms with Crippen LogP contribution in [0.4, 0.5) is 10.1 Å². The molecule has 0 amide bonds. The maximum Gasteiger partial charge on any atom is 0.129 e. The number of nitrogens with one attached hydrogen (secondary N) is 1. The van der Waals surface area contributed by atoms with E-state index in [-0.39, 0.29) is 11.2 Å². The summed E-state index contributed by atoms with van der Waals surface area (Å²) in [6.45, 7) is 3.88. The van der Waals surface area contributed by atoms with Crippen LogP contribution in [0, 0.1) is 5.82 Å². The van der Waals surface area contributed by atoms with E-state index in [9.17, 15) is 4.39 Å². The SMILES string of the molecule is CC1(c2ccc(N)cc2F)CCNC1. The summed E-state index contributed by atoms with van der Waals surface area (Å²) in [6, 6.07) is 4.97. The van der Waals surface area contributed by atoms with Crippen molar-refractivity contribution in [1.82, 2.24) is 5.32 Å². The molecule has 0 spiro atoms. The molecule has 1 saturated heterocycles. The molecular formula is C11H15FN2. The molecule has 1 atom stereocenters. The van der Waals surface area contributed by atoms with Gasteiger partial charge in [-0.3, -0.25) is 0 Å². The van der Waals surface area contributed by atoms with Crippen LogP contribution in [0.15, 0.2) is 18.2 Å². The largest absolute Gasteiger partial charge is 0.399 e. The van der Waals surface area contributed by atoms with Gasteiger partial charge in [0.2, 0.25) is 0 Å². The molecule has 0 bridgehead atoms. The molecule has 1 aliphatic rings. The lowest BCUT2D eigenvalue weighted by Gasteiger charge is -2.23. The summed E-state index contributed by atoms with van der Waals surface area (Å²) in [5.41, 5.74) is 6.70. The van der Waals surface area contributed by atoms with E-state index in [1.54, 1.807) is 12.1 Å². The molecule has 0 aromatic heterocycles. The Morgan fingerprint density at radius 2 is 2.29 bits per heavy atom. The van der Waals surface area contributed by atoms with Crippen LogP contribution >= 0.6 is 0 Å². The predicted octanol–water partition coefficient (Wildman–Crippen LogP) is 1.66. The van der Waals surface area contributed by atoms with Gasteiger partial charge in [0, 0.05) is 17.6 Å². The highest BCUT2D eigenvalue weighted by molar-refractivity contribution is 5.43. The molecule has 0 radical (unpaired) electrons. The highest BCUT2D eigenvalue weighted by Gasteiger charge is 2.32. The molecular weight excluding hydrogens is 179 g/mol. The maximum absolute atomic E-state index is 13.6. The molecule has 3 heteroatoms. The van der Waals surface area contributed by atoms with Crippen LogP contribution in [0.1, 0.15) is 18.9 Å². The summed E-state index contributed by atoms with van der Waals surface area (Å²) in [7, 11) is 0. The van der Waals surface area contributed by atoms with Crippen molar-refractivity contribution in [2.45, 2.75) is 18.8 Å². The Balaban J connectivity index is 2.40. The van der Waals surface area contributed by atoms with Gasteiger partial charge in [-0.2, -0.15) is 0 Å². The fourth-order valence-electron chi connectivity index (χ4n) is 2.07. The van der Waals surface area contributed by atoms with E-state index in [0.29, 0.717) is 5.69 Å². The molecule has 0 aliphatic carbocycles. The van der Waals surface area contributed by atoms with Crippen molar-refractivity contribution in [3.8, 4) is 0 Å². The van der Waals surface area contributed by atoms with Crippen molar-refractivity contribution >= 4 is 5.69 Å². The van der Waals surface area contributed by atoms with E-state index in [2.05, 4.69) is 12.2 Å². The number of rotatable bonds is 1. The van der Waals surface area contributed by atoms with E-state index in [0.717, 1.165) is 25.1 Å². The van der Waals surface area contributed by atoms with Gasteiger partial charge < -0.3 is 11.1 Å². The minimum Gasteiger partial charge on any atom is -0.399 e. The number of nitrogen functional groups attached to an aromatic ring is 1. The van der Waals surface area contributed by atoms with Crippen molar-refractivity contribution in [3.05, 3.63) is 29.6 Å². The van der Waals surface area contributed by atoms with Gasteiger partial charge >= 0.3 is 0 Å². The zero-order valence-electron chi connectivity index (χ0n) is 8.31. The smallest absolute Gasteiger partial charge is 0.129 e. The Hall–Kier alpha value is -1.09. The molecule has 1 aromatic carbocycles. The highest BCUT2D eigenvalue weighted by Crippen LogP contribution is 2.32. The Bertz CT molecular complexity index is 343. The van der Waals surface area contributed by atoms with E-state index in [4.69, 9.17) is 5.73 Å². The van der Waals surface area contributed by atoms with Crippen LogP contribution in [0.5, 0.6) is 0 Å². The van der Waals surface area contributed by atoms with Crippen LogP contribution in [0.2, 0.25) is 0 Å². The van der Waals surface area contributed by atoms with Crippen molar-refractivity contribution in [2.24, 2.45) is 0 Å². The molecule has 76 valence electrons. The number of anilines is 1. The average molecular weight is 194 g/mol. The zero-order valence-corrected chi connectivity index (χ0v) is 8.31. The first kappa shape index (κ1) is 9.46. The van der Waals surface area contributed by atoms with Gasteiger partial charge in [-0.25, -0.2) is 4.39 Å². The molecule has 1 heterocycles. The third-order valence-electron chi connectivity index (χ3n) is 3.01. The number of nitrogens with two attached hydrogens (primary N) is 1. The van der Waals surface area contributed by atoms with Crippen LogP contribution in [-0.4, -0.2) is 13.1 Å². The van der Waals surface area contributed by atoms with Gasteiger partial charge in [0.15, 0.2) is 0 Å². The molecule has 1 aliphatic heterocycles. The second kappa shape index (κ2) is 3.24. The fourth-order valence-corrected chi connectivity index (χ4v) is 2.07. The van der Waals surface area contributed by atoms with Gasteiger partial charge in [-0.15, -0.1) is 0 Å². The zero-order chi connectivity index (χ0) is 10.2. The molecule has 1 aromatic rings. The van der Waals surface area contributed by atoms with Crippen LogP contribution < -0.4 is 11.1 Å². The van der Waals surface area contributed by atoms with Crippen molar-refractivity contribution in [3.63, 3.8) is 0 Å². The van der Waals surface area contributed by atoms with Crippen LogP contribution in [0.25, 0.3) is 0 Å². The highest BCUT2D eigenvalue weighted by atomic mass is 19.1. The monoisotopic (exact) mass is 194 g/mol. The topological polar surface area (TPSA) is 38.0 Å². The van der Waals surface area contributed by atoms with Crippen molar-refractivity contribution < 1.29 is 4.39 Å². The Morgan fingerprint density at radius 3 is 2.86 bits per heavy atom. The fraction of sp³-hybridized carbons (Fsp3) is 0.455. The third-order valence-corrected chi connectivity index (χ3v) is 3.01. The number of hydrogen-bond acceptors (Lipinski definition) is 2. The number of hydrogen-bond donors (Lipinski definition) is 2. The maximum atomic E-state index is 13.6. The summed E-state index contributed by atoms with van der Waals surface area (Å²) in [5, 5.41) is 3.26. The number of halogens is 1. The first-order chi connectivity index (χ1) is 6.62. The molecule has 3 N–H and O–H groups in total. The Labute approximate surface area is 83.3 Å². The molecule has 1 fully saturated rings. The lowest BCUT2D eigenvalue weighted by Crippen LogP contribution is -2.26. The third kappa shape index (κ3) is 1.48. The summed E-state index contributed by atoms with van der Waals surface area (Å²) in [6.07, 6.45) is 0.980. The van der Waals surface area contributed by atoms with E-state index < -0.39 is 0 Å². The molecule has 0 saturated carbocycles. The van der Waals surface area contributed by atoms with Gasteiger partial charge in [-0.1, -0.05) is 13.0 Å².